The summed E-state index contributed by atoms with van der Waals surface area (Å²) in [7, 11) is -9.59. The van der Waals surface area contributed by atoms with Crippen LogP contribution in [0.25, 0.3) is 0 Å². The normalized spacial score (nSPS) is 14.0. The average Bonchev–Trinajstić information content (AvgIpc) is 2.13. The maximum atomic E-state index is 11.0. The molecule has 11 heteroatoms. The van der Waals surface area contributed by atoms with Gasteiger partial charge < -0.3 is 29.6 Å². The third-order valence-electron chi connectivity index (χ3n) is 1.83. The highest BCUT2D eigenvalue weighted by atomic mass is 31.2. The highest BCUT2D eigenvalue weighted by Gasteiger charge is 2.60. The third kappa shape index (κ3) is 3.72. The Kier molecular flexibility index (Phi) is 5.24. The molecule has 0 aliphatic rings. The van der Waals surface area contributed by atoms with Gasteiger partial charge in [-0.05, 0) is 6.20 Å². The summed E-state index contributed by atoms with van der Waals surface area (Å²) in [5.41, 5.74) is 0. The minimum absolute atomic E-state index is 0.845. The van der Waals surface area contributed by atoms with E-state index in [-0.39, 0.29) is 0 Å². The Morgan fingerprint density at radius 2 is 1.71 bits per heavy atom. The molecule has 0 aliphatic carbocycles. The van der Waals surface area contributed by atoms with Crippen molar-refractivity contribution in [3.8, 4) is 0 Å². The molecule has 0 amide bonds. The van der Waals surface area contributed by atoms with Crippen LogP contribution < -0.4 is 0 Å². The van der Waals surface area contributed by atoms with Crippen molar-refractivity contribution >= 4 is 21.5 Å². The highest BCUT2D eigenvalue weighted by Crippen LogP contribution is 2.67. The van der Waals surface area contributed by atoms with E-state index >= 15 is 0 Å². The lowest BCUT2D eigenvalue weighted by atomic mass is 10.6. The largest absolute Gasteiger partial charge is 0.371 e. The van der Waals surface area contributed by atoms with E-state index in [1.807, 2.05) is 0 Å². The summed E-state index contributed by atoms with van der Waals surface area (Å²) in [5.74, 6) is 0. The van der Waals surface area contributed by atoms with Crippen molar-refractivity contribution in [2.24, 2.45) is 4.99 Å². The number of rotatable bonds is 6. The van der Waals surface area contributed by atoms with Crippen molar-refractivity contribution in [2.75, 3.05) is 13.6 Å². The summed E-state index contributed by atoms with van der Waals surface area (Å²) >= 11 is 0. The number of nitrogens with zero attached hydrogens (tertiary/aromatic N) is 2. The van der Waals surface area contributed by atoms with Gasteiger partial charge in [-0.1, -0.05) is 6.58 Å². The van der Waals surface area contributed by atoms with E-state index in [0.29, 0.717) is 0 Å². The van der Waals surface area contributed by atoms with Crippen LogP contribution in [-0.2, 0) is 9.13 Å². The highest BCUT2D eigenvalue weighted by molar-refractivity contribution is 7.72. The first-order valence-electron chi connectivity index (χ1n) is 4.14. The van der Waals surface area contributed by atoms with Gasteiger partial charge in [-0.3, -0.25) is 14.1 Å². The van der Waals surface area contributed by atoms with Crippen LogP contribution in [0.15, 0.2) is 17.8 Å². The predicted octanol–water partition coefficient (Wildman–Crippen LogP) is -0.909. The molecule has 100 valence electrons. The number of hydrogen-bond acceptors (Lipinski definition) is 4. The van der Waals surface area contributed by atoms with Gasteiger partial charge in [0.25, 0.3) is 5.08 Å². The van der Waals surface area contributed by atoms with Crippen molar-refractivity contribution in [3.05, 3.63) is 12.8 Å². The first kappa shape index (κ1) is 16.5. The molecular formula is C6H14N2O7P2. The standard InChI is InChI=1S/C6H14N2O7P2/c1-3-8(5-7-2)4-6(9,16(10,11)12)17(13,14)15/h3,5,9H,1,4H2,2H3,(H2,10,11,12)(H2,13,14,15). The minimum atomic E-state index is -5.46. The van der Waals surface area contributed by atoms with Gasteiger partial charge in [-0.25, -0.2) is 0 Å². The zero-order valence-corrected chi connectivity index (χ0v) is 10.7. The minimum Gasteiger partial charge on any atom is -0.366 e. The molecule has 9 nitrogen and oxygen atoms in total. The Morgan fingerprint density at radius 3 is 1.94 bits per heavy atom. The first-order chi connectivity index (χ1) is 7.49. The lowest BCUT2D eigenvalue weighted by Gasteiger charge is -2.32. The molecule has 0 atom stereocenters. The van der Waals surface area contributed by atoms with E-state index in [9.17, 15) is 14.2 Å². The van der Waals surface area contributed by atoms with E-state index in [1.54, 1.807) is 0 Å². The monoisotopic (exact) mass is 288 g/mol. The van der Waals surface area contributed by atoms with E-state index in [0.717, 1.165) is 17.4 Å². The fourth-order valence-electron chi connectivity index (χ4n) is 0.900. The summed E-state index contributed by atoms with van der Waals surface area (Å²) in [6, 6.07) is 0. The summed E-state index contributed by atoms with van der Waals surface area (Å²) in [5, 5.41) is 6.03. The summed E-state index contributed by atoms with van der Waals surface area (Å²) < 4.78 is 22.0. The molecule has 0 aromatic rings. The lowest BCUT2D eigenvalue weighted by Crippen LogP contribution is -2.40. The summed E-state index contributed by atoms with van der Waals surface area (Å²) in [6.45, 7) is 2.21. The van der Waals surface area contributed by atoms with Crippen LogP contribution in [0.3, 0.4) is 0 Å². The van der Waals surface area contributed by atoms with Gasteiger partial charge >= 0.3 is 15.2 Å². The number of aliphatic hydroxyl groups is 1. The van der Waals surface area contributed by atoms with Gasteiger partial charge in [-0.15, -0.1) is 0 Å². The molecule has 0 spiro atoms. The van der Waals surface area contributed by atoms with Crippen LogP contribution in [0.4, 0.5) is 0 Å². The molecule has 0 fully saturated rings. The van der Waals surface area contributed by atoms with Crippen LogP contribution in [0.5, 0.6) is 0 Å². The lowest BCUT2D eigenvalue weighted by molar-refractivity contribution is 0.117. The van der Waals surface area contributed by atoms with Gasteiger partial charge in [0.15, 0.2) is 0 Å². The molecule has 0 rings (SSSR count). The molecule has 0 saturated heterocycles. The van der Waals surface area contributed by atoms with Crippen LogP contribution >= 0.6 is 15.2 Å². The molecule has 0 heterocycles. The maximum absolute atomic E-state index is 11.0. The summed E-state index contributed by atoms with van der Waals surface area (Å²) in [4.78, 5) is 39.7. The molecule has 0 unspecified atom stereocenters. The van der Waals surface area contributed by atoms with Gasteiger partial charge in [0.1, 0.15) is 0 Å². The molecule has 0 radical (unpaired) electrons. The SMILES string of the molecule is C=CN(C=NC)CC(O)(P(=O)(O)O)P(=O)(O)O. The van der Waals surface area contributed by atoms with Crippen LogP contribution in [0.1, 0.15) is 0 Å². The van der Waals surface area contributed by atoms with Crippen molar-refractivity contribution in [1.82, 2.24) is 4.90 Å². The van der Waals surface area contributed by atoms with Crippen LogP contribution in [-0.4, -0.2) is 54.6 Å². The molecular weight excluding hydrogens is 274 g/mol. The number of hydrogen-bond donors (Lipinski definition) is 5. The van der Waals surface area contributed by atoms with Gasteiger partial charge in [-0.2, -0.15) is 0 Å². The molecule has 0 bridgehead atoms. The zero-order chi connectivity index (χ0) is 13.9. The fraction of sp³-hybridized carbons (Fsp3) is 0.500. The van der Waals surface area contributed by atoms with Crippen LogP contribution in [0.2, 0.25) is 0 Å². The fourth-order valence-corrected chi connectivity index (χ4v) is 2.95. The van der Waals surface area contributed by atoms with E-state index < -0.39 is 26.8 Å². The van der Waals surface area contributed by atoms with E-state index in [2.05, 4.69) is 11.6 Å². The Balaban J connectivity index is 5.46. The molecule has 0 saturated carbocycles. The molecule has 5 N–H and O–H groups in total. The zero-order valence-electron chi connectivity index (χ0n) is 8.91. The van der Waals surface area contributed by atoms with E-state index in [1.165, 1.54) is 7.05 Å². The molecule has 17 heavy (non-hydrogen) atoms. The van der Waals surface area contributed by atoms with Gasteiger partial charge in [0, 0.05) is 7.05 Å². The van der Waals surface area contributed by atoms with Gasteiger partial charge in [0.2, 0.25) is 0 Å². The Hall–Kier alpha value is -0.530. The van der Waals surface area contributed by atoms with Crippen molar-refractivity contribution < 1.29 is 33.8 Å². The smallest absolute Gasteiger partial charge is 0.366 e. The Morgan fingerprint density at radius 1 is 1.29 bits per heavy atom. The van der Waals surface area contributed by atoms with Crippen molar-refractivity contribution in [2.45, 2.75) is 5.08 Å². The Labute approximate surface area is 97.4 Å². The first-order valence-corrected chi connectivity index (χ1v) is 7.36. The molecule has 0 aromatic heterocycles. The third-order valence-corrected chi connectivity index (χ3v) is 5.54. The van der Waals surface area contributed by atoms with Crippen molar-refractivity contribution in [3.63, 3.8) is 0 Å². The second-order valence-corrected chi connectivity index (χ2v) is 7.10. The second-order valence-electron chi connectivity index (χ2n) is 3.09. The quantitative estimate of drug-likeness (QED) is 0.239. The maximum Gasteiger partial charge on any atom is 0.371 e. The summed E-state index contributed by atoms with van der Waals surface area (Å²) in [6.07, 6.45) is 2.01. The topological polar surface area (TPSA) is 151 Å². The Bertz CT molecular complexity index is 375. The van der Waals surface area contributed by atoms with Crippen molar-refractivity contribution in [1.29, 1.82) is 0 Å². The predicted molar refractivity (Wildman–Crippen MR) is 60.4 cm³/mol. The van der Waals surface area contributed by atoms with Crippen LogP contribution in [0, 0.1) is 0 Å². The number of aliphatic imine (C=N–C) groups is 1. The average molecular weight is 288 g/mol. The second kappa shape index (κ2) is 5.41. The molecule has 0 aromatic carbocycles. The van der Waals surface area contributed by atoms with Gasteiger partial charge in [0.05, 0.1) is 12.9 Å². The van der Waals surface area contributed by atoms with E-state index in [4.69, 9.17) is 19.6 Å². The molecule has 0 aliphatic heterocycles.